The summed E-state index contributed by atoms with van der Waals surface area (Å²) in [5.74, 6) is 0. The van der Waals surface area contributed by atoms with Crippen LogP contribution >= 0.6 is 0 Å². The molecule has 27 heavy (non-hydrogen) atoms. The summed E-state index contributed by atoms with van der Waals surface area (Å²) in [7, 11) is 0. The minimum Gasteiger partial charge on any atom is -0.444 e. The number of imidazole rings is 1. The molecule has 0 radical (unpaired) electrons. The zero-order valence-electron chi connectivity index (χ0n) is 16.7. The summed E-state index contributed by atoms with van der Waals surface area (Å²) in [5.41, 5.74) is 2.67. The van der Waals surface area contributed by atoms with Gasteiger partial charge in [0.2, 0.25) is 0 Å². The number of carbonyl (C=O) groups excluding carboxylic acids is 1. The molecule has 3 rings (SSSR count). The van der Waals surface area contributed by atoms with Crippen molar-refractivity contribution in [1.82, 2.24) is 14.9 Å². The molecule has 7 heteroatoms. The van der Waals surface area contributed by atoms with Crippen LogP contribution in [-0.2, 0) is 16.2 Å². The Morgan fingerprint density at radius 2 is 2.19 bits per heavy atom. The minimum atomic E-state index is -0.480. The smallest absolute Gasteiger partial charge is 0.407 e. The predicted octanol–water partition coefficient (Wildman–Crippen LogP) is 3.52. The molecule has 0 aliphatic carbocycles. The molecule has 1 aromatic heterocycles. The van der Waals surface area contributed by atoms with Crippen LogP contribution in [0.5, 0.6) is 0 Å². The lowest BCUT2D eigenvalue weighted by Crippen LogP contribution is -2.40. The molecule has 2 heterocycles. The van der Waals surface area contributed by atoms with Gasteiger partial charge in [-0.05, 0) is 51.8 Å². The summed E-state index contributed by atoms with van der Waals surface area (Å²) < 4.78 is 13.0. The van der Waals surface area contributed by atoms with Gasteiger partial charge in [0.15, 0.2) is 0 Å². The van der Waals surface area contributed by atoms with Crippen molar-refractivity contribution < 1.29 is 14.3 Å². The molecule has 1 aliphatic heterocycles. The van der Waals surface area contributed by atoms with Crippen molar-refractivity contribution in [3.63, 3.8) is 0 Å². The second-order valence-corrected chi connectivity index (χ2v) is 8.00. The van der Waals surface area contributed by atoms with Gasteiger partial charge < -0.3 is 24.3 Å². The highest BCUT2D eigenvalue weighted by molar-refractivity contribution is 5.80. The van der Waals surface area contributed by atoms with Crippen molar-refractivity contribution in [3.05, 3.63) is 24.5 Å². The van der Waals surface area contributed by atoms with E-state index in [1.807, 2.05) is 37.7 Å². The maximum absolute atomic E-state index is 12.0. The Bertz CT molecular complexity index is 781. The lowest BCUT2D eigenvalue weighted by molar-refractivity contribution is 0.0509. The van der Waals surface area contributed by atoms with Gasteiger partial charge in [-0.3, -0.25) is 0 Å². The number of rotatable bonds is 6. The molecule has 1 saturated heterocycles. The molecule has 1 unspecified atom stereocenters. The predicted molar refractivity (Wildman–Crippen MR) is 106 cm³/mol. The Kier molecular flexibility index (Phi) is 5.89. The summed E-state index contributed by atoms with van der Waals surface area (Å²) >= 11 is 0. The molecule has 7 nitrogen and oxygen atoms in total. The van der Waals surface area contributed by atoms with E-state index in [1.54, 1.807) is 0 Å². The van der Waals surface area contributed by atoms with Crippen molar-refractivity contribution >= 4 is 22.8 Å². The third-order valence-corrected chi connectivity index (χ3v) is 4.46. The summed E-state index contributed by atoms with van der Waals surface area (Å²) in [6.45, 7) is 10.6. The summed E-state index contributed by atoms with van der Waals surface area (Å²) in [5, 5.41) is 2.97. The second kappa shape index (κ2) is 8.17. The van der Waals surface area contributed by atoms with Gasteiger partial charge >= 0.3 is 6.09 Å². The normalized spacial score (nSPS) is 17.5. The molecule has 1 N–H and O–H groups in total. The van der Waals surface area contributed by atoms with E-state index >= 15 is 0 Å². The van der Waals surface area contributed by atoms with Crippen LogP contribution in [0.3, 0.4) is 0 Å². The summed E-state index contributed by atoms with van der Waals surface area (Å²) in [6.07, 6.45) is 3.37. The lowest BCUT2D eigenvalue weighted by atomic mass is 10.2. The van der Waals surface area contributed by atoms with Crippen LogP contribution in [0, 0.1) is 0 Å². The third kappa shape index (κ3) is 5.13. The van der Waals surface area contributed by atoms with Crippen molar-refractivity contribution in [2.75, 3.05) is 24.6 Å². The van der Waals surface area contributed by atoms with Gasteiger partial charge in [-0.25, -0.2) is 9.78 Å². The number of benzene rings is 1. The van der Waals surface area contributed by atoms with E-state index in [9.17, 15) is 4.79 Å². The number of amides is 1. The molecule has 0 bridgehead atoms. The summed E-state index contributed by atoms with van der Waals surface area (Å²) in [6, 6.07) is 6.36. The molecule has 1 amide bonds. The highest BCUT2D eigenvalue weighted by atomic mass is 16.6. The van der Waals surface area contributed by atoms with Crippen LogP contribution in [0.1, 0.15) is 40.5 Å². The van der Waals surface area contributed by atoms with Crippen molar-refractivity contribution in [2.45, 2.75) is 58.9 Å². The molecular weight excluding hydrogens is 344 g/mol. The molecular formula is C20H30N4O3. The average Bonchev–Trinajstić information content (AvgIpc) is 3.20. The first-order valence-corrected chi connectivity index (χ1v) is 9.63. The van der Waals surface area contributed by atoms with E-state index in [1.165, 1.54) is 0 Å². The number of alkyl carbamates (subject to hydrolysis) is 1. The number of anilines is 1. The Hall–Kier alpha value is -2.28. The Labute approximate surface area is 160 Å². The van der Waals surface area contributed by atoms with E-state index < -0.39 is 5.60 Å². The molecule has 1 aliphatic rings. The topological polar surface area (TPSA) is 68.6 Å². The zero-order chi connectivity index (χ0) is 19.4. The van der Waals surface area contributed by atoms with Gasteiger partial charge in [-0.1, -0.05) is 6.92 Å². The second-order valence-electron chi connectivity index (χ2n) is 8.00. The molecule has 0 saturated carbocycles. The first kappa shape index (κ1) is 19.5. The van der Waals surface area contributed by atoms with E-state index in [0.29, 0.717) is 6.73 Å². The maximum atomic E-state index is 12.0. The van der Waals surface area contributed by atoms with Crippen LogP contribution < -0.4 is 10.2 Å². The fourth-order valence-corrected chi connectivity index (χ4v) is 3.24. The standard InChI is InChI=1S/C20H30N4O3/c1-5-10-26-14-24-13-21-17-7-6-16(11-18(17)24)23-9-8-15(12-23)22-19(25)27-20(2,3)4/h6-7,11,13,15H,5,8-10,12,14H2,1-4H3,(H,22,25). The highest BCUT2D eigenvalue weighted by Gasteiger charge is 2.26. The number of ether oxygens (including phenoxy) is 2. The third-order valence-electron chi connectivity index (χ3n) is 4.46. The minimum absolute atomic E-state index is 0.0911. The van der Waals surface area contributed by atoms with Gasteiger partial charge in [-0.15, -0.1) is 0 Å². The quantitative estimate of drug-likeness (QED) is 0.784. The molecule has 1 aromatic carbocycles. The van der Waals surface area contributed by atoms with Gasteiger partial charge in [-0.2, -0.15) is 0 Å². The molecule has 148 valence electrons. The van der Waals surface area contributed by atoms with Crippen LogP contribution in [0.4, 0.5) is 10.5 Å². The van der Waals surface area contributed by atoms with Crippen molar-refractivity contribution in [3.8, 4) is 0 Å². The van der Waals surface area contributed by atoms with Crippen molar-refractivity contribution in [2.24, 2.45) is 0 Å². The number of nitrogens with one attached hydrogen (secondary N) is 1. The average molecular weight is 374 g/mol. The number of fused-ring (bicyclic) bond motifs is 1. The van der Waals surface area contributed by atoms with Crippen LogP contribution in [0.25, 0.3) is 11.0 Å². The summed E-state index contributed by atoms with van der Waals surface area (Å²) in [4.78, 5) is 18.7. The Morgan fingerprint density at radius 3 is 2.93 bits per heavy atom. The number of nitrogens with zero attached hydrogens (tertiary/aromatic N) is 3. The Balaban J connectivity index is 1.64. The van der Waals surface area contributed by atoms with E-state index in [-0.39, 0.29) is 12.1 Å². The Morgan fingerprint density at radius 1 is 1.37 bits per heavy atom. The first-order chi connectivity index (χ1) is 12.9. The van der Waals surface area contributed by atoms with Gasteiger partial charge in [0.1, 0.15) is 12.3 Å². The maximum Gasteiger partial charge on any atom is 0.407 e. The van der Waals surface area contributed by atoms with Crippen LogP contribution in [-0.4, -0.2) is 47.0 Å². The largest absolute Gasteiger partial charge is 0.444 e. The van der Waals surface area contributed by atoms with Gasteiger partial charge in [0.05, 0.1) is 23.4 Å². The molecule has 2 aromatic rings. The zero-order valence-corrected chi connectivity index (χ0v) is 16.7. The van der Waals surface area contributed by atoms with Crippen LogP contribution in [0.2, 0.25) is 0 Å². The number of carbonyl (C=O) groups is 1. The molecule has 1 atom stereocenters. The van der Waals surface area contributed by atoms with E-state index in [0.717, 1.165) is 49.3 Å². The van der Waals surface area contributed by atoms with Crippen LogP contribution in [0.15, 0.2) is 24.5 Å². The van der Waals surface area contributed by atoms with Gasteiger partial charge in [0.25, 0.3) is 0 Å². The van der Waals surface area contributed by atoms with Crippen molar-refractivity contribution in [1.29, 1.82) is 0 Å². The monoisotopic (exact) mass is 374 g/mol. The van der Waals surface area contributed by atoms with E-state index in [4.69, 9.17) is 9.47 Å². The molecule has 0 spiro atoms. The number of hydrogen-bond donors (Lipinski definition) is 1. The fourth-order valence-electron chi connectivity index (χ4n) is 3.24. The first-order valence-electron chi connectivity index (χ1n) is 9.63. The fraction of sp³-hybridized carbons (Fsp3) is 0.600. The molecule has 1 fully saturated rings. The highest BCUT2D eigenvalue weighted by Crippen LogP contribution is 2.25. The van der Waals surface area contributed by atoms with Gasteiger partial charge in [0, 0.05) is 25.4 Å². The van der Waals surface area contributed by atoms with E-state index in [2.05, 4.69) is 34.3 Å². The lowest BCUT2D eigenvalue weighted by Gasteiger charge is -2.22. The SMILES string of the molecule is CCCOCn1cnc2ccc(N3CCC(NC(=O)OC(C)(C)C)C3)cc21. The number of hydrogen-bond acceptors (Lipinski definition) is 5. The number of aromatic nitrogens is 2.